The van der Waals surface area contributed by atoms with Crippen LogP contribution in [0.25, 0.3) is 0 Å². The lowest BCUT2D eigenvalue weighted by Gasteiger charge is -2.18. The first-order valence-electron chi connectivity index (χ1n) is 6.24. The van der Waals surface area contributed by atoms with Gasteiger partial charge in [0.05, 0.1) is 19.1 Å². The van der Waals surface area contributed by atoms with Crippen LogP contribution < -0.4 is 21.1 Å². The summed E-state index contributed by atoms with van der Waals surface area (Å²) in [6, 6.07) is 5.60. The Kier molecular flexibility index (Phi) is 9.04. The van der Waals surface area contributed by atoms with Crippen LogP contribution in [0.3, 0.4) is 0 Å². The molecule has 0 fully saturated rings. The number of nitrogens with two attached hydrogens (primary N) is 1. The maximum Gasteiger partial charge on any atom is 0.387 e. The van der Waals surface area contributed by atoms with Gasteiger partial charge in [-0.15, -0.1) is 12.4 Å². The van der Waals surface area contributed by atoms with Crippen LogP contribution in [0.15, 0.2) is 24.3 Å². The van der Waals surface area contributed by atoms with Crippen molar-refractivity contribution >= 4 is 24.2 Å². The van der Waals surface area contributed by atoms with Gasteiger partial charge in [-0.25, -0.2) is 0 Å². The van der Waals surface area contributed by atoms with Crippen molar-refractivity contribution in [1.82, 2.24) is 10.6 Å². The molecular weight excluding hydrogens is 320 g/mol. The Morgan fingerprint density at radius 2 is 1.91 bits per heavy atom. The number of amides is 2. The smallest absolute Gasteiger partial charge is 0.387 e. The monoisotopic (exact) mass is 337 g/mol. The molecule has 0 bridgehead atoms. The highest BCUT2D eigenvalue weighted by molar-refractivity contribution is 5.86. The van der Waals surface area contributed by atoms with Crippen molar-refractivity contribution in [2.24, 2.45) is 5.73 Å². The molecule has 6 nitrogen and oxygen atoms in total. The Hall–Kier alpha value is -1.93. The van der Waals surface area contributed by atoms with E-state index in [4.69, 9.17) is 5.73 Å². The summed E-state index contributed by atoms with van der Waals surface area (Å²) in [5.74, 6) is -0.929. The summed E-state index contributed by atoms with van der Waals surface area (Å²) < 4.78 is 29.0. The van der Waals surface area contributed by atoms with Crippen LogP contribution in [0, 0.1) is 0 Å². The van der Waals surface area contributed by atoms with Crippen molar-refractivity contribution in [3.8, 4) is 5.75 Å². The van der Waals surface area contributed by atoms with Gasteiger partial charge < -0.3 is 21.1 Å². The third kappa shape index (κ3) is 6.68. The highest BCUT2D eigenvalue weighted by Gasteiger charge is 2.16. The predicted octanol–water partition coefficient (Wildman–Crippen LogP) is 0.962. The van der Waals surface area contributed by atoms with Gasteiger partial charge in [0.15, 0.2) is 0 Å². The van der Waals surface area contributed by atoms with Crippen LogP contribution in [0.4, 0.5) is 8.78 Å². The summed E-state index contributed by atoms with van der Waals surface area (Å²) in [6.45, 7) is -1.78. The van der Waals surface area contributed by atoms with E-state index >= 15 is 0 Å². The summed E-state index contributed by atoms with van der Waals surface area (Å²) in [4.78, 5) is 22.6. The zero-order valence-electron chi connectivity index (χ0n) is 11.8. The van der Waals surface area contributed by atoms with Crippen LogP contribution in [0.1, 0.15) is 18.5 Å². The summed E-state index contributed by atoms with van der Waals surface area (Å²) in [7, 11) is 0. The van der Waals surface area contributed by atoms with E-state index in [2.05, 4.69) is 15.4 Å². The Labute approximate surface area is 132 Å². The number of carbonyl (C=O) groups excluding carboxylic acids is 2. The molecule has 0 aromatic heterocycles. The maximum atomic E-state index is 12.3. The first kappa shape index (κ1) is 20.1. The molecule has 0 aliphatic heterocycles. The molecule has 4 N–H and O–H groups in total. The molecule has 0 heterocycles. The SMILES string of the molecule is CC(NC(=O)CNC(=O)CN)c1ccccc1OC(F)F.Cl. The van der Waals surface area contributed by atoms with Crippen molar-refractivity contribution in [3.05, 3.63) is 29.8 Å². The highest BCUT2D eigenvalue weighted by atomic mass is 35.5. The topological polar surface area (TPSA) is 93.5 Å². The number of nitrogens with one attached hydrogen (secondary N) is 2. The Morgan fingerprint density at radius 1 is 1.27 bits per heavy atom. The van der Waals surface area contributed by atoms with Crippen LogP contribution in [-0.2, 0) is 9.59 Å². The van der Waals surface area contributed by atoms with Gasteiger partial charge in [-0.3, -0.25) is 9.59 Å². The molecule has 0 saturated heterocycles. The van der Waals surface area contributed by atoms with E-state index in [0.29, 0.717) is 5.56 Å². The van der Waals surface area contributed by atoms with Crippen molar-refractivity contribution in [1.29, 1.82) is 0 Å². The first-order valence-corrected chi connectivity index (χ1v) is 6.24. The van der Waals surface area contributed by atoms with Crippen molar-refractivity contribution in [2.45, 2.75) is 19.6 Å². The molecule has 0 aliphatic carbocycles. The number of benzene rings is 1. The van der Waals surface area contributed by atoms with Crippen LogP contribution >= 0.6 is 12.4 Å². The van der Waals surface area contributed by atoms with Gasteiger partial charge in [-0.05, 0) is 13.0 Å². The first-order chi connectivity index (χ1) is 9.93. The van der Waals surface area contributed by atoms with Gasteiger partial charge in [-0.1, -0.05) is 18.2 Å². The number of ether oxygens (including phenoxy) is 1. The Bertz CT molecular complexity index is 503. The number of alkyl halides is 2. The van der Waals surface area contributed by atoms with E-state index < -0.39 is 24.5 Å². The number of carbonyl (C=O) groups is 2. The van der Waals surface area contributed by atoms with Crippen molar-refractivity contribution < 1.29 is 23.1 Å². The fourth-order valence-electron chi connectivity index (χ4n) is 1.66. The minimum Gasteiger partial charge on any atom is -0.434 e. The van der Waals surface area contributed by atoms with Gasteiger partial charge in [-0.2, -0.15) is 8.78 Å². The molecule has 0 saturated carbocycles. The van der Waals surface area contributed by atoms with Crippen LogP contribution in [0.5, 0.6) is 5.75 Å². The molecule has 1 aromatic carbocycles. The number of hydrogen-bond donors (Lipinski definition) is 3. The number of halogens is 3. The molecule has 22 heavy (non-hydrogen) atoms. The maximum absolute atomic E-state index is 12.3. The minimum absolute atomic E-state index is 0. The highest BCUT2D eigenvalue weighted by Crippen LogP contribution is 2.26. The average molecular weight is 338 g/mol. The largest absolute Gasteiger partial charge is 0.434 e. The van der Waals surface area contributed by atoms with Crippen molar-refractivity contribution in [3.63, 3.8) is 0 Å². The second-order valence-electron chi connectivity index (χ2n) is 4.19. The minimum atomic E-state index is -2.95. The fourth-order valence-corrected chi connectivity index (χ4v) is 1.66. The third-order valence-corrected chi connectivity index (χ3v) is 2.61. The number of rotatable bonds is 7. The average Bonchev–Trinajstić information content (AvgIpc) is 2.44. The second-order valence-corrected chi connectivity index (χ2v) is 4.19. The molecule has 1 aromatic rings. The number of para-hydroxylation sites is 1. The van der Waals surface area contributed by atoms with E-state index in [1.54, 1.807) is 25.1 Å². The second kappa shape index (κ2) is 9.91. The zero-order chi connectivity index (χ0) is 15.8. The molecule has 1 unspecified atom stereocenters. The molecule has 0 aliphatic rings. The van der Waals surface area contributed by atoms with E-state index in [9.17, 15) is 18.4 Å². The molecule has 9 heteroatoms. The number of hydrogen-bond acceptors (Lipinski definition) is 4. The lowest BCUT2D eigenvalue weighted by Crippen LogP contribution is -2.40. The van der Waals surface area contributed by atoms with Crippen LogP contribution in [0.2, 0.25) is 0 Å². The van der Waals surface area contributed by atoms with Crippen LogP contribution in [-0.4, -0.2) is 31.5 Å². The quantitative estimate of drug-likeness (QED) is 0.691. The van der Waals surface area contributed by atoms with Gasteiger partial charge in [0.2, 0.25) is 11.8 Å². The van der Waals surface area contributed by atoms with Gasteiger partial charge in [0, 0.05) is 5.56 Å². The summed E-state index contributed by atoms with van der Waals surface area (Å²) in [6.07, 6.45) is 0. The standard InChI is InChI=1S/C13H17F2N3O3.ClH/c1-8(18-12(20)7-17-11(19)6-16)9-4-2-3-5-10(9)21-13(14)15;/h2-5,8,13H,6-7,16H2,1H3,(H,17,19)(H,18,20);1H. The zero-order valence-corrected chi connectivity index (χ0v) is 12.7. The third-order valence-electron chi connectivity index (χ3n) is 2.61. The molecule has 2 amide bonds. The van der Waals surface area contributed by atoms with E-state index in [1.807, 2.05) is 0 Å². The Morgan fingerprint density at radius 3 is 2.50 bits per heavy atom. The van der Waals surface area contributed by atoms with E-state index in [1.165, 1.54) is 6.07 Å². The summed E-state index contributed by atoms with van der Waals surface area (Å²) >= 11 is 0. The van der Waals surface area contributed by atoms with Crippen molar-refractivity contribution in [2.75, 3.05) is 13.1 Å². The lowest BCUT2D eigenvalue weighted by atomic mass is 10.1. The van der Waals surface area contributed by atoms with Gasteiger partial charge in [0.25, 0.3) is 0 Å². The van der Waals surface area contributed by atoms with E-state index in [-0.39, 0.29) is 31.2 Å². The Balaban J connectivity index is 0.00000441. The fraction of sp³-hybridized carbons (Fsp3) is 0.385. The molecule has 0 radical (unpaired) electrons. The molecule has 1 atom stereocenters. The molecular formula is C13H18ClF2N3O3. The summed E-state index contributed by atoms with van der Waals surface area (Å²) in [5, 5.41) is 4.88. The lowest BCUT2D eigenvalue weighted by molar-refractivity contribution is -0.125. The van der Waals surface area contributed by atoms with Gasteiger partial charge in [0.1, 0.15) is 5.75 Å². The van der Waals surface area contributed by atoms with E-state index in [0.717, 1.165) is 0 Å². The summed E-state index contributed by atoms with van der Waals surface area (Å²) in [5.41, 5.74) is 5.50. The normalized spacial score (nSPS) is 11.3. The molecule has 0 spiro atoms. The predicted molar refractivity (Wildman–Crippen MR) is 78.9 cm³/mol. The van der Waals surface area contributed by atoms with Gasteiger partial charge >= 0.3 is 6.61 Å². The molecule has 124 valence electrons. The molecule has 1 rings (SSSR count).